The molecule has 29 heavy (non-hydrogen) atoms. The van der Waals surface area contributed by atoms with Gasteiger partial charge in [-0.15, -0.1) is 10.2 Å². The average Bonchev–Trinajstić information content (AvgIpc) is 3.20. The lowest BCUT2D eigenvalue weighted by molar-refractivity contribution is 0.459. The minimum absolute atomic E-state index is 0.122. The minimum Gasteiger partial charge on any atom is -0.493 e. The van der Waals surface area contributed by atoms with Crippen LogP contribution in [0.25, 0.3) is 22.1 Å². The van der Waals surface area contributed by atoms with Crippen LogP contribution in [-0.4, -0.2) is 28.8 Å². The first-order valence-electron chi connectivity index (χ1n) is 8.91. The van der Waals surface area contributed by atoms with Gasteiger partial charge in [-0.1, -0.05) is 22.9 Å². The number of hydrogen-bond donors (Lipinski definition) is 2. The predicted molar refractivity (Wildman–Crippen MR) is 112 cm³/mol. The van der Waals surface area contributed by atoms with Gasteiger partial charge in [-0.3, -0.25) is 13.9 Å². The van der Waals surface area contributed by atoms with E-state index in [4.69, 9.17) is 0 Å². The number of nitrogens with one attached hydrogen (secondary N) is 1. The van der Waals surface area contributed by atoms with Crippen LogP contribution in [0.1, 0.15) is 13.3 Å². The highest BCUT2D eigenvalue weighted by molar-refractivity contribution is 9.10. The average molecular weight is 460 g/mol. The molecule has 10 nitrogen and oxygen atoms in total. The van der Waals surface area contributed by atoms with Crippen LogP contribution in [0.2, 0.25) is 0 Å². The van der Waals surface area contributed by atoms with Gasteiger partial charge in [0.1, 0.15) is 0 Å². The summed E-state index contributed by atoms with van der Waals surface area (Å²) in [7, 11) is 2.98. The third kappa shape index (κ3) is 2.97. The van der Waals surface area contributed by atoms with Crippen molar-refractivity contribution in [3.63, 3.8) is 0 Å². The van der Waals surface area contributed by atoms with Crippen molar-refractivity contribution < 1.29 is 5.11 Å². The van der Waals surface area contributed by atoms with Gasteiger partial charge in [-0.2, -0.15) is 4.98 Å². The first-order chi connectivity index (χ1) is 13.8. The van der Waals surface area contributed by atoms with Crippen molar-refractivity contribution >= 4 is 49.6 Å². The number of aromatic nitrogens is 5. The fourth-order valence-electron chi connectivity index (χ4n) is 3.28. The molecule has 0 radical (unpaired) electrons. The molecule has 0 unspecified atom stereocenters. The third-order valence-electron chi connectivity index (χ3n) is 4.73. The Morgan fingerprint density at radius 3 is 2.69 bits per heavy atom. The molecular formula is C18H18BrN7O3. The van der Waals surface area contributed by atoms with Crippen LogP contribution in [0, 0.1) is 0 Å². The number of nitrogens with zero attached hydrogens (tertiary/aromatic N) is 6. The fourth-order valence-corrected chi connectivity index (χ4v) is 3.64. The van der Waals surface area contributed by atoms with Gasteiger partial charge in [0, 0.05) is 30.5 Å². The predicted octanol–water partition coefficient (Wildman–Crippen LogP) is 3.21. The maximum absolute atomic E-state index is 12.7. The lowest BCUT2D eigenvalue weighted by Crippen LogP contribution is -2.37. The second-order valence-electron chi connectivity index (χ2n) is 6.65. The van der Waals surface area contributed by atoms with Crippen LogP contribution in [-0.2, 0) is 20.6 Å². The maximum atomic E-state index is 12.7. The smallest absolute Gasteiger partial charge is 0.332 e. The standard InChI is InChI=1S/C18H18BrN7O3/c1-4-7-26-13-14(24(2)18(29)25(3)16(13)28)21-17(26)23-22-12-10-8-9(19)5-6-11(10)20-15(12)27/h5-6,8,20,27H,4,7H2,1-3H3. The number of halogens is 1. The first kappa shape index (κ1) is 19.1. The Hall–Kier alpha value is -3.21. The van der Waals surface area contributed by atoms with Crippen LogP contribution in [0.4, 0.5) is 11.6 Å². The second-order valence-corrected chi connectivity index (χ2v) is 7.57. The summed E-state index contributed by atoms with van der Waals surface area (Å²) in [5.74, 6) is 0.0622. The number of rotatable bonds is 4. The van der Waals surface area contributed by atoms with Crippen LogP contribution in [0.15, 0.2) is 42.5 Å². The largest absolute Gasteiger partial charge is 0.493 e. The van der Waals surface area contributed by atoms with Crippen molar-refractivity contribution in [3.05, 3.63) is 43.5 Å². The molecule has 0 atom stereocenters. The van der Waals surface area contributed by atoms with Gasteiger partial charge in [0.25, 0.3) is 11.5 Å². The number of aryl methyl sites for hydroxylation is 2. The number of imidazole rings is 1. The summed E-state index contributed by atoms with van der Waals surface area (Å²) in [6.07, 6.45) is 0.727. The molecule has 0 bridgehead atoms. The number of fused-ring (bicyclic) bond motifs is 2. The Morgan fingerprint density at radius 2 is 1.97 bits per heavy atom. The van der Waals surface area contributed by atoms with Gasteiger partial charge in [0.05, 0.1) is 5.52 Å². The van der Waals surface area contributed by atoms with Gasteiger partial charge in [-0.25, -0.2) is 4.79 Å². The second kappa shape index (κ2) is 6.99. The summed E-state index contributed by atoms with van der Waals surface area (Å²) < 4.78 is 4.82. The molecule has 0 saturated carbocycles. The Balaban J connectivity index is 1.95. The molecule has 0 saturated heterocycles. The van der Waals surface area contributed by atoms with Crippen molar-refractivity contribution in [2.45, 2.75) is 19.9 Å². The van der Waals surface area contributed by atoms with E-state index in [0.29, 0.717) is 17.4 Å². The zero-order valence-electron chi connectivity index (χ0n) is 16.0. The molecule has 4 rings (SSSR count). The topological polar surface area (TPSA) is 123 Å². The van der Waals surface area contributed by atoms with Crippen LogP contribution in [0.3, 0.4) is 0 Å². The van der Waals surface area contributed by atoms with Crippen LogP contribution < -0.4 is 11.2 Å². The quantitative estimate of drug-likeness (QED) is 0.454. The van der Waals surface area contributed by atoms with Gasteiger partial charge >= 0.3 is 5.69 Å². The molecule has 4 aromatic rings. The molecule has 0 fully saturated rings. The number of benzene rings is 1. The van der Waals surface area contributed by atoms with E-state index in [-0.39, 0.29) is 28.7 Å². The number of hydrogen-bond acceptors (Lipinski definition) is 6. The minimum atomic E-state index is -0.466. The van der Waals surface area contributed by atoms with E-state index in [1.165, 1.54) is 11.6 Å². The van der Waals surface area contributed by atoms with Crippen LogP contribution in [0.5, 0.6) is 5.88 Å². The molecule has 0 aliphatic carbocycles. The van der Waals surface area contributed by atoms with E-state index in [9.17, 15) is 14.7 Å². The zero-order valence-corrected chi connectivity index (χ0v) is 17.6. The Kier molecular flexibility index (Phi) is 4.61. The highest BCUT2D eigenvalue weighted by atomic mass is 79.9. The summed E-state index contributed by atoms with van der Waals surface area (Å²) in [5.41, 5.74) is 0.592. The molecule has 0 aliphatic rings. The molecule has 1 aromatic carbocycles. The lowest BCUT2D eigenvalue weighted by atomic mass is 10.2. The number of aromatic amines is 1. The number of H-pyrrole nitrogens is 1. The van der Waals surface area contributed by atoms with Crippen molar-refractivity contribution in [1.82, 2.24) is 23.7 Å². The zero-order chi connectivity index (χ0) is 20.9. The van der Waals surface area contributed by atoms with E-state index in [0.717, 1.165) is 15.5 Å². The van der Waals surface area contributed by atoms with E-state index < -0.39 is 11.2 Å². The molecule has 0 amide bonds. The summed E-state index contributed by atoms with van der Waals surface area (Å²) in [6.45, 7) is 2.44. The SMILES string of the molecule is CCCn1c(N=Nc2c(O)[nH]c3ccc(Br)cc23)nc2c1c(=O)n(C)c(=O)n2C. The Labute approximate surface area is 172 Å². The number of azo groups is 1. The van der Waals surface area contributed by atoms with Crippen molar-refractivity contribution in [3.8, 4) is 5.88 Å². The van der Waals surface area contributed by atoms with Gasteiger partial charge in [0.2, 0.25) is 5.88 Å². The van der Waals surface area contributed by atoms with Gasteiger partial charge in [-0.05, 0) is 24.6 Å². The van der Waals surface area contributed by atoms with E-state index in [1.807, 2.05) is 25.1 Å². The Morgan fingerprint density at radius 1 is 1.21 bits per heavy atom. The number of aromatic hydroxyl groups is 1. The molecule has 11 heteroatoms. The lowest BCUT2D eigenvalue weighted by Gasteiger charge is -2.05. The summed E-state index contributed by atoms with van der Waals surface area (Å²) in [5, 5.41) is 19.3. The monoisotopic (exact) mass is 459 g/mol. The molecule has 2 N–H and O–H groups in total. The van der Waals surface area contributed by atoms with E-state index in [2.05, 4.69) is 36.1 Å². The third-order valence-corrected chi connectivity index (χ3v) is 5.22. The van der Waals surface area contributed by atoms with Crippen LogP contribution >= 0.6 is 15.9 Å². The fraction of sp³-hybridized carbons (Fsp3) is 0.278. The molecular weight excluding hydrogens is 442 g/mol. The molecule has 3 aromatic heterocycles. The van der Waals surface area contributed by atoms with E-state index >= 15 is 0 Å². The highest BCUT2D eigenvalue weighted by Gasteiger charge is 2.19. The molecule has 0 spiro atoms. The first-order valence-corrected chi connectivity index (χ1v) is 9.71. The van der Waals surface area contributed by atoms with E-state index in [1.54, 1.807) is 11.6 Å². The highest BCUT2D eigenvalue weighted by Crippen LogP contribution is 2.37. The molecule has 150 valence electrons. The van der Waals surface area contributed by atoms with Crippen molar-refractivity contribution in [2.75, 3.05) is 0 Å². The Bertz CT molecular complexity index is 1410. The van der Waals surface area contributed by atoms with Crippen molar-refractivity contribution in [1.29, 1.82) is 0 Å². The summed E-state index contributed by atoms with van der Waals surface area (Å²) >= 11 is 3.40. The summed E-state index contributed by atoms with van der Waals surface area (Å²) in [6, 6.07) is 5.47. The van der Waals surface area contributed by atoms with Crippen molar-refractivity contribution in [2.24, 2.45) is 24.3 Å². The normalized spacial score (nSPS) is 12.0. The molecule has 0 aliphatic heterocycles. The molecule has 3 heterocycles. The maximum Gasteiger partial charge on any atom is 0.332 e. The summed E-state index contributed by atoms with van der Waals surface area (Å²) in [4.78, 5) is 32.1. The van der Waals surface area contributed by atoms with Gasteiger partial charge < -0.3 is 14.7 Å². The van der Waals surface area contributed by atoms with Gasteiger partial charge in [0.15, 0.2) is 16.9 Å².